The molecule has 1 aliphatic heterocycles. The quantitative estimate of drug-likeness (QED) is 0.557. The van der Waals surface area contributed by atoms with Crippen LogP contribution < -0.4 is 0 Å². The molecule has 1 N–H and O–H groups in total. The highest BCUT2D eigenvalue weighted by molar-refractivity contribution is 5.82. The van der Waals surface area contributed by atoms with Gasteiger partial charge in [0.25, 0.3) is 0 Å². The molecule has 3 heteroatoms. The van der Waals surface area contributed by atoms with Gasteiger partial charge in [0.05, 0.1) is 6.10 Å². The van der Waals surface area contributed by atoms with Crippen molar-refractivity contribution in [1.82, 2.24) is 0 Å². The van der Waals surface area contributed by atoms with Crippen LogP contribution in [0.2, 0.25) is 0 Å². The van der Waals surface area contributed by atoms with E-state index >= 15 is 0 Å². The highest BCUT2D eigenvalue weighted by Crippen LogP contribution is 2.10. The second-order valence-corrected chi connectivity index (χ2v) is 3.71. The Morgan fingerprint density at radius 1 is 1.73 bits per heavy atom. The summed E-state index contributed by atoms with van der Waals surface area (Å²) >= 11 is 0. The summed E-state index contributed by atoms with van der Waals surface area (Å²) < 4.78 is 5.02. The average molecular weight is 210 g/mol. The Bertz CT molecular complexity index is 256. The summed E-state index contributed by atoms with van der Waals surface area (Å²) in [5.41, 5.74) is 0. The number of carbonyl (C=O) groups excluding carboxylic acids is 1. The van der Waals surface area contributed by atoms with Gasteiger partial charge in [-0.2, -0.15) is 0 Å². The maximum atomic E-state index is 10.9. The Hall–Kier alpha value is -1.09. The molecule has 1 heterocycles. The molecule has 84 valence electrons. The molecule has 0 aromatic carbocycles. The van der Waals surface area contributed by atoms with E-state index < -0.39 is 6.10 Å². The van der Waals surface area contributed by atoms with Crippen molar-refractivity contribution in [2.45, 2.75) is 44.8 Å². The molecule has 15 heavy (non-hydrogen) atoms. The molecule has 0 aromatic rings. The Balaban J connectivity index is 2.30. The van der Waals surface area contributed by atoms with Crippen LogP contribution in [0.4, 0.5) is 0 Å². The zero-order valence-electron chi connectivity index (χ0n) is 9.06. The molecule has 1 aliphatic rings. The number of ether oxygens (including phenoxy) is 1. The largest absolute Gasteiger partial charge is 0.455 e. The Labute approximate surface area is 90.4 Å². The van der Waals surface area contributed by atoms with Crippen molar-refractivity contribution in [2.75, 3.05) is 0 Å². The maximum absolute atomic E-state index is 10.9. The van der Waals surface area contributed by atoms with Crippen LogP contribution in [-0.4, -0.2) is 23.3 Å². The van der Waals surface area contributed by atoms with E-state index in [1.165, 1.54) is 6.08 Å². The molecule has 2 unspecified atom stereocenters. The van der Waals surface area contributed by atoms with E-state index in [4.69, 9.17) is 4.74 Å². The Kier molecular flexibility index (Phi) is 5.12. The van der Waals surface area contributed by atoms with Crippen LogP contribution in [0.3, 0.4) is 0 Å². The summed E-state index contributed by atoms with van der Waals surface area (Å²) in [6.07, 6.45) is 9.62. The predicted molar refractivity (Wildman–Crippen MR) is 58.3 cm³/mol. The minimum Gasteiger partial charge on any atom is -0.455 e. The van der Waals surface area contributed by atoms with E-state index in [0.717, 1.165) is 19.3 Å². The summed E-state index contributed by atoms with van der Waals surface area (Å²) in [5.74, 6) is -0.307. The van der Waals surface area contributed by atoms with Gasteiger partial charge in [-0.3, -0.25) is 0 Å². The van der Waals surface area contributed by atoms with E-state index in [1.807, 2.05) is 0 Å². The zero-order valence-corrected chi connectivity index (χ0v) is 9.06. The van der Waals surface area contributed by atoms with Crippen molar-refractivity contribution < 1.29 is 14.6 Å². The van der Waals surface area contributed by atoms with E-state index in [0.29, 0.717) is 6.42 Å². The molecule has 0 aliphatic carbocycles. The topological polar surface area (TPSA) is 46.5 Å². The number of rotatable bonds is 5. The first-order valence-electron chi connectivity index (χ1n) is 5.46. The maximum Gasteiger partial charge on any atom is 0.331 e. The van der Waals surface area contributed by atoms with Crippen LogP contribution in [-0.2, 0) is 9.53 Å². The Morgan fingerprint density at radius 3 is 3.20 bits per heavy atom. The van der Waals surface area contributed by atoms with Gasteiger partial charge in [-0.05, 0) is 12.5 Å². The molecule has 0 saturated carbocycles. The van der Waals surface area contributed by atoms with Gasteiger partial charge in [0.2, 0.25) is 0 Å². The summed E-state index contributed by atoms with van der Waals surface area (Å²) in [4.78, 5) is 10.9. The van der Waals surface area contributed by atoms with Gasteiger partial charge in [0, 0.05) is 12.5 Å². The number of aliphatic hydroxyl groups is 1. The van der Waals surface area contributed by atoms with Gasteiger partial charge < -0.3 is 9.84 Å². The number of aliphatic hydroxyl groups excluding tert-OH is 1. The van der Waals surface area contributed by atoms with Crippen LogP contribution >= 0.6 is 0 Å². The minimum absolute atomic E-state index is 0.209. The van der Waals surface area contributed by atoms with E-state index in [9.17, 15) is 9.90 Å². The van der Waals surface area contributed by atoms with Gasteiger partial charge >= 0.3 is 5.97 Å². The number of esters is 1. The highest BCUT2D eigenvalue weighted by atomic mass is 16.5. The Morgan fingerprint density at radius 2 is 2.53 bits per heavy atom. The summed E-state index contributed by atoms with van der Waals surface area (Å²) in [5, 5.41) is 9.53. The van der Waals surface area contributed by atoms with Crippen LogP contribution in [0.5, 0.6) is 0 Å². The summed E-state index contributed by atoms with van der Waals surface area (Å²) in [7, 11) is 0. The van der Waals surface area contributed by atoms with Crippen molar-refractivity contribution >= 4 is 5.97 Å². The molecular weight excluding hydrogens is 192 g/mol. The third kappa shape index (κ3) is 4.79. The van der Waals surface area contributed by atoms with Crippen molar-refractivity contribution in [2.24, 2.45) is 0 Å². The first kappa shape index (κ1) is 12.0. The van der Waals surface area contributed by atoms with Crippen LogP contribution in [0, 0.1) is 0 Å². The lowest BCUT2D eigenvalue weighted by Crippen LogP contribution is -2.18. The normalized spacial score (nSPS) is 23.1. The minimum atomic E-state index is -0.422. The fraction of sp³-hybridized carbons (Fsp3) is 0.583. The predicted octanol–water partition coefficient (Wildman–Crippen LogP) is 1.97. The van der Waals surface area contributed by atoms with Crippen LogP contribution in [0.25, 0.3) is 0 Å². The molecule has 3 nitrogen and oxygen atoms in total. The first-order chi connectivity index (χ1) is 7.22. The number of carbonyl (C=O) groups is 1. The van der Waals surface area contributed by atoms with Gasteiger partial charge in [-0.15, -0.1) is 0 Å². The first-order valence-corrected chi connectivity index (χ1v) is 5.46. The molecule has 2 atom stereocenters. The lowest BCUT2D eigenvalue weighted by Gasteiger charge is -2.15. The molecule has 0 spiro atoms. The number of hydrogen-bond acceptors (Lipinski definition) is 3. The molecule has 0 saturated heterocycles. The number of cyclic esters (lactones) is 1. The van der Waals surface area contributed by atoms with Crippen molar-refractivity contribution in [3.63, 3.8) is 0 Å². The zero-order chi connectivity index (χ0) is 11.1. The lowest BCUT2D eigenvalue weighted by atomic mass is 10.1. The van der Waals surface area contributed by atoms with Crippen LogP contribution in [0.15, 0.2) is 24.3 Å². The molecule has 1 rings (SSSR count). The number of unbranched alkanes of at least 4 members (excludes halogenated alkanes) is 1. The molecule has 0 bridgehead atoms. The van der Waals surface area contributed by atoms with Gasteiger partial charge in [-0.25, -0.2) is 4.79 Å². The summed E-state index contributed by atoms with van der Waals surface area (Å²) in [6.45, 7) is 2.09. The highest BCUT2D eigenvalue weighted by Gasteiger charge is 2.12. The summed E-state index contributed by atoms with van der Waals surface area (Å²) in [6, 6.07) is 0. The van der Waals surface area contributed by atoms with E-state index in [1.54, 1.807) is 18.2 Å². The molecule has 0 fully saturated rings. The third-order valence-electron chi connectivity index (χ3n) is 2.29. The second-order valence-electron chi connectivity index (χ2n) is 3.71. The molecule has 0 amide bonds. The van der Waals surface area contributed by atoms with Crippen LogP contribution in [0.1, 0.15) is 32.6 Å². The van der Waals surface area contributed by atoms with Gasteiger partial charge in [0.1, 0.15) is 6.10 Å². The van der Waals surface area contributed by atoms with Crippen molar-refractivity contribution in [3.8, 4) is 0 Å². The van der Waals surface area contributed by atoms with Crippen molar-refractivity contribution in [3.05, 3.63) is 24.3 Å². The number of hydrogen-bond donors (Lipinski definition) is 1. The third-order valence-corrected chi connectivity index (χ3v) is 2.29. The molecular formula is C12H18O3. The van der Waals surface area contributed by atoms with Gasteiger partial charge in [-0.1, -0.05) is 31.9 Å². The monoisotopic (exact) mass is 210 g/mol. The molecule has 0 aromatic heterocycles. The molecule has 0 radical (unpaired) electrons. The second kappa shape index (κ2) is 6.40. The van der Waals surface area contributed by atoms with E-state index in [-0.39, 0.29) is 12.1 Å². The fourth-order valence-corrected chi connectivity index (χ4v) is 1.41. The average Bonchev–Trinajstić information content (AvgIpc) is 2.23. The van der Waals surface area contributed by atoms with E-state index in [2.05, 4.69) is 6.92 Å². The lowest BCUT2D eigenvalue weighted by molar-refractivity contribution is -0.141. The smallest absolute Gasteiger partial charge is 0.331 e. The van der Waals surface area contributed by atoms with Gasteiger partial charge in [0.15, 0.2) is 0 Å². The van der Waals surface area contributed by atoms with Crippen molar-refractivity contribution in [1.29, 1.82) is 0 Å². The SMILES string of the molecule is CCCCC(O)/C=C/C1CC=CC(=O)O1. The standard InChI is InChI=1S/C12H18O3/c1-2-3-5-10(13)8-9-11-6-4-7-12(14)15-11/h4,7-11,13H,2-3,5-6H2,1H3/b9-8+. The fourth-order valence-electron chi connectivity index (χ4n) is 1.41.